The number of nitrogens with two attached hydrogens (primary N) is 3. The molecule has 0 rings (SSSR count). The summed E-state index contributed by atoms with van der Waals surface area (Å²) in [6.07, 6.45) is 7.18. The first-order chi connectivity index (χ1) is 12.5. The molecule has 0 heterocycles. The van der Waals surface area contributed by atoms with E-state index in [0.29, 0.717) is 19.3 Å². The van der Waals surface area contributed by atoms with E-state index in [1.165, 1.54) is 0 Å². The summed E-state index contributed by atoms with van der Waals surface area (Å²) in [5.41, 5.74) is 15.4. The first-order valence-corrected chi connectivity index (χ1v) is 12.1. The van der Waals surface area contributed by atoms with Gasteiger partial charge in [0.15, 0.2) is 0 Å². The molecule has 0 unspecified atom stereocenters. The van der Waals surface area contributed by atoms with Crippen LogP contribution < -0.4 is 32.5 Å². The van der Waals surface area contributed by atoms with Crippen LogP contribution in [0.15, 0.2) is 0 Å². The predicted octanol–water partition coefficient (Wildman–Crippen LogP) is -3.93. The summed E-state index contributed by atoms with van der Waals surface area (Å²) >= 11 is 4.73. The Morgan fingerprint density at radius 2 is 0.821 bits per heavy atom. The minimum absolute atomic E-state index is 0. The van der Waals surface area contributed by atoms with Crippen LogP contribution in [0.25, 0.3) is 0 Å². The van der Waals surface area contributed by atoms with Gasteiger partial charge in [-0.05, 0) is 55.3 Å². The van der Waals surface area contributed by atoms with Crippen LogP contribution >= 0.6 is 35.3 Å². The molecular formula is C15H30AlN3O6S3. The molecule has 0 spiro atoms. The first kappa shape index (κ1) is 35.3. The molecule has 0 aliphatic heterocycles. The van der Waals surface area contributed by atoms with E-state index >= 15 is 0 Å². The van der Waals surface area contributed by atoms with Gasteiger partial charge in [0.1, 0.15) is 0 Å². The van der Waals surface area contributed by atoms with Gasteiger partial charge in [-0.3, -0.25) is 0 Å². The number of carboxylic acids is 3. The van der Waals surface area contributed by atoms with E-state index in [9.17, 15) is 29.7 Å². The average Bonchev–Trinajstić information content (AvgIpc) is 2.62. The van der Waals surface area contributed by atoms with E-state index in [2.05, 4.69) is 0 Å². The predicted molar refractivity (Wildman–Crippen MR) is 114 cm³/mol. The summed E-state index contributed by atoms with van der Waals surface area (Å²) in [6, 6.07) is -2.38. The second kappa shape index (κ2) is 24.9. The van der Waals surface area contributed by atoms with Crippen molar-refractivity contribution in [3.8, 4) is 0 Å². The molecule has 0 bridgehead atoms. The Hall–Kier alpha value is -0.128. The summed E-state index contributed by atoms with van der Waals surface area (Å²) in [4.78, 5) is 29.9. The summed E-state index contributed by atoms with van der Waals surface area (Å²) in [7, 11) is 0. The van der Waals surface area contributed by atoms with Crippen LogP contribution in [0.3, 0.4) is 0 Å². The molecule has 0 aliphatic rings. The number of carboxylic acid groups (broad SMARTS) is 3. The zero-order valence-electron chi connectivity index (χ0n) is 16.5. The van der Waals surface area contributed by atoms with Gasteiger partial charge >= 0.3 is 17.4 Å². The number of aliphatic carboxylic acids is 3. The van der Waals surface area contributed by atoms with Crippen molar-refractivity contribution in [2.24, 2.45) is 17.2 Å². The average molecular weight is 472 g/mol. The van der Waals surface area contributed by atoms with Crippen LogP contribution in [-0.4, -0.2) is 89.4 Å². The number of rotatable bonds is 12. The molecule has 3 atom stereocenters. The molecule has 0 saturated carbocycles. The van der Waals surface area contributed by atoms with Gasteiger partial charge in [0.05, 0.1) is 17.9 Å². The minimum Gasteiger partial charge on any atom is -0.548 e. The summed E-state index contributed by atoms with van der Waals surface area (Å²) in [6.45, 7) is 0. The fourth-order valence-corrected chi connectivity index (χ4v) is 2.56. The molecule has 0 aromatic carbocycles. The zero-order valence-corrected chi connectivity index (χ0v) is 20.1. The van der Waals surface area contributed by atoms with Gasteiger partial charge in [0, 0.05) is 18.1 Å². The first-order valence-electron chi connectivity index (χ1n) is 7.91. The van der Waals surface area contributed by atoms with Crippen LogP contribution in [-0.2, 0) is 14.4 Å². The van der Waals surface area contributed by atoms with Crippen LogP contribution in [0.1, 0.15) is 19.3 Å². The van der Waals surface area contributed by atoms with Gasteiger partial charge in [-0.1, -0.05) is 0 Å². The van der Waals surface area contributed by atoms with Gasteiger partial charge in [-0.15, -0.1) is 0 Å². The maximum atomic E-state index is 9.96. The van der Waals surface area contributed by atoms with Crippen molar-refractivity contribution < 1.29 is 29.7 Å². The van der Waals surface area contributed by atoms with E-state index in [1.54, 1.807) is 35.3 Å². The Balaban J connectivity index is -0.000000152. The third-order valence-corrected chi connectivity index (χ3v) is 4.74. The summed E-state index contributed by atoms with van der Waals surface area (Å²) in [5.74, 6) is -1.17. The molecule has 28 heavy (non-hydrogen) atoms. The van der Waals surface area contributed by atoms with Crippen molar-refractivity contribution in [1.82, 2.24) is 0 Å². The third-order valence-electron chi connectivity index (χ3n) is 2.81. The largest absolute Gasteiger partial charge is 3.00 e. The number of carbonyl (C=O) groups is 3. The van der Waals surface area contributed by atoms with Gasteiger partial charge in [0.25, 0.3) is 0 Å². The molecule has 0 saturated heterocycles. The van der Waals surface area contributed by atoms with Crippen LogP contribution in [0.2, 0.25) is 0 Å². The van der Waals surface area contributed by atoms with Crippen molar-refractivity contribution in [1.29, 1.82) is 0 Å². The maximum Gasteiger partial charge on any atom is 3.00 e. The Morgan fingerprint density at radius 3 is 0.929 bits per heavy atom. The molecule has 9 nitrogen and oxygen atoms in total. The monoisotopic (exact) mass is 471 g/mol. The SMILES string of the molecule is CSCC[C@H](N)C(=O)[O-].CSCC[C@H](N)C(=O)[O-].CSCC[C@H](N)C(=O)[O-].[Al+3]. The Kier molecular flexibility index (Phi) is 31.4. The topological polar surface area (TPSA) is 198 Å². The number of hydrogen-bond acceptors (Lipinski definition) is 12. The molecule has 0 radical (unpaired) electrons. The third kappa shape index (κ3) is 28.1. The van der Waals surface area contributed by atoms with Crippen molar-refractivity contribution in [3.05, 3.63) is 0 Å². The van der Waals surface area contributed by atoms with E-state index in [4.69, 9.17) is 17.2 Å². The number of hydrogen-bond donors (Lipinski definition) is 3. The standard InChI is InChI=1S/3C5H11NO2S.Al/c3*1-9-3-2-4(6)5(7)8;/h3*4H,2-3,6H2,1H3,(H,7,8);/q;;;+3/p-3/t3*4-;/m000./s1. The molecule has 162 valence electrons. The fraction of sp³-hybridized carbons (Fsp3) is 0.800. The van der Waals surface area contributed by atoms with E-state index < -0.39 is 36.0 Å². The van der Waals surface area contributed by atoms with Gasteiger partial charge < -0.3 is 46.9 Å². The van der Waals surface area contributed by atoms with E-state index in [0.717, 1.165) is 17.3 Å². The van der Waals surface area contributed by atoms with Gasteiger partial charge in [-0.25, -0.2) is 0 Å². The van der Waals surface area contributed by atoms with Crippen molar-refractivity contribution >= 4 is 70.6 Å². The molecular weight excluding hydrogens is 441 g/mol. The number of thioether (sulfide) groups is 3. The maximum absolute atomic E-state index is 9.96. The summed E-state index contributed by atoms with van der Waals surface area (Å²) in [5, 5.41) is 29.9. The van der Waals surface area contributed by atoms with Crippen molar-refractivity contribution in [3.63, 3.8) is 0 Å². The molecule has 13 heteroatoms. The van der Waals surface area contributed by atoms with Crippen molar-refractivity contribution in [2.45, 2.75) is 37.4 Å². The second-order valence-corrected chi connectivity index (χ2v) is 8.08. The van der Waals surface area contributed by atoms with Crippen LogP contribution in [0.5, 0.6) is 0 Å². The molecule has 6 N–H and O–H groups in total. The smallest absolute Gasteiger partial charge is 0.548 e. The van der Waals surface area contributed by atoms with E-state index in [-0.39, 0.29) is 17.4 Å². The summed E-state index contributed by atoms with van der Waals surface area (Å²) < 4.78 is 0. The molecule has 0 amide bonds. The second-order valence-electron chi connectivity index (χ2n) is 5.12. The van der Waals surface area contributed by atoms with Crippen LogP contribution in [0.4, 0.5) is 0 Å². The molecule has 0 aromatic rings. The Bertz CT molecular complexity index is 354. The quantitative estimate of drug-likeness (QED) is 0.234. The molecule has 0 aliphatic carbocycles. The van der Waals surface area contributed by atoms with E-state index in [1.807, 2.05) is 18.8 Å². The molecule has 0 aromatic heterocycles. The Morgan fingerprint density at radius 1 is 0.643 bits per heavy atom. The normalized spacial score (nSPS) is 12.6. The fourth-order valence-electron chi connectivity index (χ4n) is 1.09. The van der Waals surface area contributed by atoms with Gasteiger partial charge in [0.2, 0.25) is 0 Å². The molecule has 0 fully saturated rings. The van der Waals surface area contributed by atoms with Crippen LogP contribution in [0, 0.1) is 0 Å². The number of carbonyl (C=O) groups excluding carboxylic acids is 3. The minimum atomic E-state index is -1.16. The zero-order chi connectivity index (χ0) is 21.8. The van der Waals surface area contributed by atoms with Crippen molar-refractivity contribution in [2.75, 3.05) is 36.0 Å². The Labute approximate surface area is 190 Å². The van der Waals surface area contributed by atoms with Gasteiger partial charge in [-0.2, -0.15) is 35.3 Å².